The van der Waals surface area contributed by atoms with E-state index in [2.05, 4.69) is 5.32 Å². The molecule has 1 heterocycles. The molecule has 0 unspecified atom stereocenters. The molecule has 0 bridgehead atoms. The number of nitrogens with one attached hydrogen (secondary N) is 1. The van der Waals surface area contributed by atoms with E-state index >= 15 is 0 Å². The zero-order chi connectivity index (χ0) is 15.7. The summed E-state index contributed by atoms with van der Waals surface area (Å²) in [4.78, 5) is 23.9. The maximum Gasteiger partial charge on any atom is 0.420 e. The lowest BCUT2D eigenvalue weighted by atomic mass is 10.3. The molecule has 0 aliphatic heterocycles. The SMILES string of the molecule is O=C(Cn1c(=O)oc2ccccc21)Nc1cccc(Cl)c1Cl. The third-order valence-electron chi connectivity index (χ3n) is 3.10. The van der Waals surface area contributed by atoms with Gasteiger partial charge in [-0.1, -0.05) is 41.4 Å². The molecule has 3 aromatic rings. The number of fused-ring (bicyclic) bond motifs is 1. The van der Waals surface area contributed by atoms with Crippen LogP contribution in [0, 0.1) is 0 Å². The zero-order valence-corrected chi connectivity index (χ0v) is 12.7. The molecule has 5 nitrogen and oxygen atoms in total. The maximum atomic E-state index is 12.1. The van der Waals surface area contributed by atoms with Gasteiger partial charge in [-0.15, -0.1) is 0 Å². The summed E-state index contributed by atoms with van der Waals surface area (Å²) in [6.07, 6.45) is 0. The smallest absolute Gasteiger partial charge is 0.408 e. The predicted octanol–water partition coefficient (Wildman–Crippen LogP) is 3.54. The van der Waals surface area contributed by atoms with Crippen LogP contribution in [0.4, 0.5) is 5.69 Å². The molecular weight excluding hydrogens is 327 g/mol. The Bertz CT molecular complexity index is 915. The first-order valence-corrected chi connectivity index (χ1v) is 7.14. The number of benzene rings is 2. The Morgan fingerprint density at radius 3 is 2.73 bits per heavy atom. The van der Waals surface area contributed by atoms with E-state index in [0.29, 0.717) is 21.8 Å². The minimum atomic E-state index is -0.589. The minimum Gasteiger partial charge on any atom is -0.408 e. The van der Waals surface area contributed by atoms with Gasteiger partial charge in [0.05, 0.1) is 21.2 Å². The van der Waals surface area contributed by atoms with Gasteiger partial charge in [-0.3, -0.25) is 9.36 Å². The second kappa shape index (κ2) is 5.87. The van der Waals surface area contributed by atoms with Crippen LogP contribution in [0.1, 0.15) is 0 Å². The number of carbonyl (C=O) groups is 1. The van der Waals surface area contributed by atoms with Gasteiger partial charge in [-0.25, -0.2) is 4.79 Å². The van der Waals surface area contributed by atoms with E-state index in [-0.39, 0.29) is 11.6 Å². The lowest BCUT2D eigenvalue weighted by molar-refractivity contribution is -0.116. The predicted molar refractivity (Wildman–Crippen MR) is 85.6 cm³/mol. The number of aromatic nitrogens is 1. The maximum absolute atomic E-state index is 12.1. The van der Waals surface area contributed by atoms with Crippen LogP contribution in [-0.4, -0.2) is 10.5 Å². The first-order valence-electron chi connectivity index (χ1n) is 6.38. The van der Waals surface area contributed by atoms with Crippen molar-refractivity contribution in [2.45, 2.75) is 6.54 Å². The monoisotopic (exact) mass is 336 g/mol. The summed E-state index contributed by atoms with van der Waals surface area (Å²) in [7, 11) is 0. The molecule has 7 heteroatoms. The molecule has 0 atom stereocenters. The van der Waals surface area contributed by atoms with Crippen LogP contribution in [0.2, 0.25) is 10.0 Å². The van der Waals surface area contributed by atoms with E-state index in [1.54, 1.807) is 42.5 Å². The first kappa shape index (κ1) is 14.7. The number of hydrogen-bond donors (Lipinski definition) is 1. The average molecular weight is 337 g/mol. The van der Waals surface area contributed by atoms with Crippen molar-refractivity contribution < 1.29 is 9.21 Å². The van der Waals surface area contributed by atoms with E-state index in [4.69, 9.17) is 27.6 Å². The third-order valence-corrected chi connectivity index (χ3v) is 3.92. The molecule has 0 saturated heterocycles. The molecule has 1 amide bonds. The molecule has 1 N–H and O–H groups in total. The highest BCUT2D eigenvalue weighted by Crippen LogP contribution is 2.29. The Labute approximate surface area is 135 Å². The third kappa shape index (κ3) is 2.73. The lowest BCUT2D eigenvalue weighted by Crippen LogP contribution is -2.24. The molecule has 0 spiro atoms. The van der Waals surface area contributed by atoms with E-state index in [9.17, 15) is 9.59 Å². The molecule has 3 rings (SSSR count). The fraction of sp³-hybridized carbons (Fsp3) is 0.0667. The minimum absolute atomic E-state index is 0.182. The van der Waals surface area contributed by atoms with Crippen molar-refractivity contribution in [1.82, 2.24) is 4.57 Å². The summed E-state index contributed by atoms with van der Waals surface area (Å²) < 4.78 is 6.33. The Morgan fingerprint density at radius 1 is 1.14 bits per heavy atom. The Balaban J connectivity index is 1.86. The van der Waals surface area contributed by atoms with Crippen molar-refractivity contribution in [3.63, 3.8) is 0 Å². The van der Waals surface area contributed by atoms with Gasteiger partial charge in [0, 0.05) is 0 Å². The van der Waals surface area contributed by atoms with Crippen molar-refractivity contribution in [3.8, 4) is 0 Å². The molecule has 112 valence electrons. The number of para-hydroxylation sites is 2. The van der Waals surface area contributed by atoms with Gasteiger partial charge in [0.2, 0.25) is 5.91 Å². The molecule has 0 aliphatic carbocycles. The molecule has 0 radical (unpaired) electrons. The number of amides is 1. The molecule has 0 fully saturated rings. The topological polar surface area (TPSA) is 64.2 Å². The quantitative estimate of drug-likeness (QED) is 0.795. The molecule has 1 aromatic heterocycles. The van der Waals surface area contributed by atoms with Crippen LogP contribution in [0.15, 0.2) is 51.7 Å². The second-order valence-corrected chi connectivity index (χ2v) is 5.36. The summed E-state index contributed by atoms with van der Waals surface area (Å²) in [5.41, 5.74) is 1.38. The van der Waals surface area contributed by atoms with Crippen LogP contribution in [-0.2, 0) is 11.3 Å². The number of anilines is 1. The van der Waals surface area contributed by atoms with Crippen molar-refractivity contribution >= 4 is 45.9 Å². The number of carbonyl (C=O) groups excluding carboxylic acids is 1. The van der Waals surface area contributed by atoms with E-state index < -0.39 is 11.7 Å². The second-order valence-electron chi connectivity index (χ2n) is 4.57. The Morgan fingerprint density at radius 2 is 1.91 bits per heavy atom. The fourth-order valence-electron chi connectivity index (χ4n) is 2.10. The highest BCUT2D eigenvalue weighted by molar-refractivity contribution is 6.43. The van der Waals surface area contributed by atoms with Crippen LogP contribution in [0.3, 0.4) is 0 Å². The normalized spacial score (nSPS) is 10.8. The first-order chi connectivity index (χ1) is 10.6. The lowest BCUT2D eigenvalue weighted by Gasteiger charge is -2.08. The largest absolute Gasteiger partial charge is 0.420 e. The summed E-state index contributed by atoms with van der Waals surface area (Å²) in [6.45, 7) is -0.182. The highest BCUT2D eigenvalue weighted by atomic mass is 35.5. The Kier molecular flexibility index (Phi) is 3.92. The average Bonchev–Trinajstić information content (AvgIpc) is 2.80. The van der Waals surface area contributed by atoms with Crippen LogP contribution in [0.25, 0.3) is 11.1 Å². The van der Waals surface area contributed by atoms with E-state index in [1.807, 2.05) is 0 Å². The number of oxazole rings is 1. The van der Waals surface area contributed by atoms with Crippen LogP contribution < -0.4 is 11.1 Å². The number of rotatable bonds is 3. The van der Waals surface area contributed by atoms with Crippen molar-refractivity contribution in [2.75, 3.05) is 5.32 Å². The van der Waals surface area contributed by atoms with Crippen LogP contribution in [0.5, 0.6) is 0 Å². The Hall–Kier alpha value is -2.24. The summed E-state index contributed by atoms with van der Waals surface area (Å²) in [5, 5.41) is 3.21. The van der Waals surface area contributed by atoms with E-state index in [0.717, 1.165) is 0 Å². The van der Waals surface area contributed by atoms with Crippen molar-refractivity contribution in [3.05, 3.63) is 63.1 Å². The summed E-state index contributed by atoms with van der Waals surface area (Å²) >= 11 is 11.9. The van der Waals surface area contributed by atoms with Crippen molar-refractivity contribution in [1.29, 1.82) is 0 Å². The molecule has 2 aromatic carbocycles. The fourth-order valence-corrected chi connectivity index (χ4v) is 2.45. The molecule has 0 aliphatic rings. The number of nitrogens with zero attached hydrogens (tertiary/aromatic N) is 1. The highest BCUT2D eigenvalue weighted by Gasteiger charge is 2.13. The van der Waals surface area contributed by atoms with Gasteiger partial charge in [-0.05, 0) is 24.3 Å². The van der Waals surface area contributed by atoms with Gasteiger partial charge in [0.25, 0.3) is 0 Å². The van der Waals surface area contributed by atoms with Gasteiger partial charge in [0.1, 0.15) is 6.54 Å². The summed E-state index contributed by atoms with van der Waals surface area (Å²) in [6, 6.07) is 11.8. The van der Waals surface area contributed by atoms with Crippen LogP contribution >= 0.6 is 23.2 Å². The van der Waals surface area contributed by atoms with Gasteiger partial charge in [0.15, 0.2) is 5.58 Å². The number of halogens is 2. The van der Waals surface area contributed by atoms with Crippen molar-refractivity contribution in [2.24, 2.45) is 0 Å². The zero-order valence-electron chi connectivity index (χ0n) is 11.2. The summed E-state index contributed by atoms with van der Waals surface area (Å²) in [5.74, 6) is -0.994. The molecule has 22 heavy (non-hydrogen) atoms. The standard InChI is InChI=1S/C15H10Cl2N2O3/c16-9-4-3-5-10(14(9)17)18-13(20)8-19-11-6-1-2-7-12(11)22-15(19)21/h1-7H,8H2,(H,18,20). The van der Waals surface area contributed by atoms with Gasteiger partial charge < -0.3 is 9.73 Å². The molecule has 0 saturated carbocycles. The van der Waals surface area contributed by atoms with Gasteiger partial charge in [-0.2, -0.15) is 0 Å². The molecular formula is C15H10Cl2N2O3. The van der Waals surface area contributed by atoms with Gasteiger partial charge >= 0.3 is 5.76 Å². The van der Waals surface area contributed by atoms with E-state index in [1.165, 1.54) is 4.57 Å². The number of hydrogen-bond acceptors (Lipinski definition) is 3.